The van der Waals surface area contributed by atoms with E-state index in [2.05, 4.69) is 21.4 Å². The maximum Gasteiger partial charge on any atom is 0.151 e. The molecule has 1 aliphatic heterocycles. The highest BCUT2D eigenvalue weighted by atomic mass is 35.5. The van der Waals surface area contributed by atoms with Crippen molar-refractivity contribution >= 4 is 28.3 Å². The molecule has 2 aromatic carbocycles. The second kappa shape index (κ2) is 6.34. The monoisotopic (exact) mass is 383 g/mol. The van der Waals surface area contributed by atoms with Crippen LogP contribution in [-0.4, -0.2) is 15.6 Å². The Morgan fingerprint density at radius 3 is 2.81 bits per heavy atom. The molecule has 1 spiro atoms. The highest BCUT2D eigenvalue weighted by Gasteiger charge is 2.43. The molecule has 1 saturated carbocycles. The number of halogens is 2. The van der Waals surface area contributed by atoms with Gasteiger partial charge in [0, 0.05) is 22.4 Å². The van der Waals surface area contributed by atoms with Gasteiger partial charge in [0.25, 0.3) is 0 Å². The van der Waals surface area contributed by atoms with Gasteiger partial charge in [-0.2, -0.15) is 0 Å². The summed E-state index contributed by atoms with van der Waals surface area (Å²) in [6.45, 7) is 0. The minimum Gasteiger partial charge on any atom is -0.487 e. The first-order valence-electron chi connectivity index (χ1n) is 9.28. The molecule has 1 unspecified atom stereocenters. The molecule has 1 aromatic heterocycles. The van der Waals surface area contributed by atoms with Crippen molar-refractivity contribution in [3.05, 3.63) is 59.1 Å². The van der Waals surface area contributed by atoms with E-state index in [0.717, 1.165) is 30.6 Å². The third kappa shape index (κ3) is 2.90. The molecule has 2 heterocycles. The molecule has 4 nitrogen and oxygen atoms in total. The Balaban J connectivity index is 1.58. The van der Waals surface area contributed by atoms with Crippen LogP contribution in [0.3, 0.4) is 0 Å². The fourth-order valence-corrected chi connectivity index (χ4v) is 4.65. The van der Waals surface area contributed by atoms with Crippen molar-refractivity contribution < 1.29 is 9.13 Å². The van der Waals surface area contributed by atoms with Gasteiger partial charge in [0.15, 0.2) is 5.82 Å². The summed E-state index contributed by atoms with van der Waals surface area (Å²) in [4.78, 5) is 8.46. The Labute approximate surface area is 161 Å². The van der Waals surface area contributed by atoms with E-state index in [9.17, 15) is 4.39 Å². The number of nitrogens with one attached hydrogen (secondary N) is 1. The van der Waals surface area contributed by atoms with E-state index < -0.39 is 5.82 Å². The lowest BCUT2D eigenvalue weighted by atomic mass is 9.86. The average Bonchev–Trinajstić information content (AvgIpc) is 3.10. The molecule has 0 bridgehead atoms. The number of hydrogen-bond acceptors (Lipinski definition) is 4. The first-order valence-corrected chi connectivity index (χ1v) is 9.66. The molecular formula is C21H19ClFN3O. The number of fused-ring (bicyclic) bond motifs is 2. The van der Waals surface area contributed by atoms with E-state index in [0.29, 0.717) is 16.2 Å². The molecule has 0 amide bonds. The van der Waals surface area contributed by atoms with Crippen LogP contribution in [0.1, 0.15) is 43.7 Å². The normalized spacial score (nSPS) is 20.4. The third-order valence-corrected chi connectivity index (χ3v) is 5.90. The molecule has 1 aliphatic carbocycles. The van der Waals surface area contributed by atoms with Crippen molar-refractivity contribution in [2.45, 2.75) is 43.7 Å². The van der Waals surface area contributed by atoms with Crippen LogP contribution in [-0.2, 0) is 0 Å². The van der Waals surface area contributed by atoms with Crippen molar-refractivity contribution in [1.82, 2.24) is 9.97 Å². The molecule has 1 atom stereocenters. The molecule has 0 radical (unpaired) electrons. The Kier molecular flexibility index (Phi) is 3.93. The van der Waals surface area contributed by atoms with Crippen LogP contribution in [0.4, 0.5) is 10.2 Å². The van der Waals surface area contributed by atoms with Gasteiger partial charge < -0.3 is 10.1 Å². The van der Waals surface area contributed by atoms with Gasteiger partial charge in [-0.1, -0.05) is 29.8 Å². The fraction of sp³-hybridized carbons (Fsp3) is 0.333. The summed E-state index contributed by atoms with van der Waals surface area (Å²) >= 11 is 6.07. The average molecular weight is 384 g/mol. The molecule has 1 N–H and O–H groups in total. The number of ether oxygens (including phenoxy) is 1. The van der Waals surface area contributed by atoms with Crippen LogP contribution in [0.5, 0.6) is 5.75 Å². The molecule has 0 saturated heterocycles. The van der Waals surface area contributed by atoms with E-state index in [4.69, 9.17) is 16.3 Å². The summed E-state index contributed by atoms with van der Waals surface area (Å²) in [6, 6.07) is 11.1. The molecule has 3 aromatic rings. The predicted molar refractivity (Wildman–Crippen MR) is 104 cm³/mol. The number of aromatic nitrogens is 2. The van der Waals surface area contributed by atoms with Crippen molar-refractivity contribution in [1.29, 1.82) is 0 Å². The second-order valence-electron chi connectivity index (χ2n) is 7.44. The van der Waals surface area contributed by atoms with Crippen molar-refractivity contribution in [3.8, 4) is 5.75 Å². The minimum absolute atomic E-state index is 0.0354. The Bertz CT molecular complexity index is 1020. The lowest BCUT2D eigenvalue weighted by Gasteiger charge is -2.40. The van der Waals surface area contributed by atoms with E-state index >= 15 is 0 Å². The zero-order valence-electron chi connectivity index (χ0n) is 14.7. The summed E-state index contributed by atoms with van der Waals surface area (Å²) in [5.74, 6) is 1.07. The first-order chi connectivity index (χ1) is 13.1. The molecule has 27 heavy (non-hydrogen) atoms. The number of rotatable bonds is 2. The van der Waals surface area contributed by atoms with Crippen molar-refractivity contribution in [2.24, 2.45) is 0 Å². The molecular weight excluding hydrogens is 365 g/mol. The maximum atomic E-state index is 14.3. The summed E-state index contributed by atoms with van der Waals surface area (Å²) in [6.07, 6.45) is 6.74. The van der Waals surface area contributed by atoms with Gasteiger partial charge >= 0.3 is 0 Å². The first kappa shape index (κ1) is 16.8. The standard InChI is InChI=1S/C21H19ClFN3O/c22-13-9-15-19(16(23)10-13)24-12-25-20(15)26-17-11-21(7-3-4-8-21)27-18-6-2-1-5-14(17)18/h1-2,5-6,9-10,12,17H,3-4,7-8,11H2,(H,24,25,26). The molecule has 1 fully saturated rings. The zero-order chi connectivity index (χ0) is 18.4. The summed E-state index contributed by atoms with van der Waals surface area (Å²) in [7, 11) is 0. The molecule has 5 rings (SSSR count). The van der Waals surface area contributed by atoms with Crippen LogP contribution in [0.15, 0.2) is 42.7 Å². The zero-order valence-corrected chi connectivity index (χ0v) is 15.5. The Morgan fingerprint density at radius 2 is 1.96 bits per heavy atom. The summed E-state index contributed by atoms with van der Waals surface area (Å²) < 4.78 is 20.7. The highest BCUT2D eigenvalue weighted by molar-refractivity contribution is 6.31. The smallest absolute Gasteiger partial charge is 0.151 e. The minimum atomic E-state index is -0.442. The molecule has 2 aliphatic rings. The van der Waals surface area contributed by atoms with Crippen LogP contribution in [0, 0.1) is 5.82 Å². The molecule has 138 valence electrons. The van der Waals surface area contributed by atoms with Gasteiger partial charge in [0.1, 0.15) is 29.0 Å². The van der Waals surface area contributed by atoms with Crippen LogP contribution in [0.2, 0.25) is 5.02 Å². The van der Waals surface area contributed by atoms with Crippen molar-refractivity contribution in [2.75, 3.05) is 5.32 Å². The third-order valence-electron chi connectivity index (χ3n) is 5.68. The lowest BCUT2D eigenvalue weighted by molar-refractivity contribution is 0.0453. The number of nitrogens with zero attached hydrogens (tertiary/aromatic N) is 2. The van der Waals surface area contributed by atoms with Gasteiger partial charge in [-0.15, -0.1) is 0 Å². The second-order valence-corrected chi connectivity index (χ2v) is 7.87. The van der Waals surface area contributed by atoms with Gasteiger partial charge in [0.2, 0.25) is 0 Å². The van der Waals surface area contributed by atoms with E-state index in [1.54, 1.807) is 6.07 Å². The summed E-state index contributed by atoms with van der Waals surface area (Å²) in [5, 5.41) is 4.45. The number of benzene rings is 2. The maximum absolute atomic E-state index is 14.3. The molecule has 6 heteroatoms. The van der Waals surface area contributed by atoms with Gasteiger partial charge in [-0.3, -0.25) is 0 Å². The predicted octanol–water partition coefficient (Wildman–Crippen LogP) is 5.67. The van der Waals surface area contributed by atoms with Crippen LogP contribution >= 0.6 is 11.6 Å². The number of para-hydroxylation sites is 1. The van der Waals surface area contributed by atoms with Gasteiger partial charge in [0.05, 0.1) is 6.04 Å². The van der Waals surface area contributed by atoms with Crippen molar-refractivity contribution in [3.63, 3.8) is 0 Å². The van der Waals surface area contributed by atoms with E-state index in [-0.39, 0.29) is 17.2 Å². The van der Waals surface area contributed by atoms with E-state index in [1.807, 2.05) is 18.2 Å². The topological polar surface area (TPSA) is 47.0 Å². The van der Waals surface area contributed by atoms with Crippen LogP contribution < -0.4 is 10.1 Å². The van der Waals surface area contributed by atoms with Crippen LogP contribution in [0.25, 0.3) is 10.9 Å². The highest BCUT2D eigenvalue weighted by Crippen LogP contribution is 2.48. The number of hydrogen-bond donors (Lipinski definition) is 1. The largest absolute Gasteiger partial charge is 0.487 e. The quantitative estimate of drug-likeness (QED) is 0.619. The fourth-order valence-electron chi connectivity index (χ4n) is 4.44. The van der Waals surface area contributed by atoms with Gasteiger partial charge in [-0.25, -0.2) is 14.4 Å². The van der Waals surface area contributed by atoms with Gasteiger partial charge in [-0.05, 0) is 43.9 Å². The van der Waals surface area contributed by atoms with E-state index in [1.165, 1.54) is 25.2 Å². The Hall–Kier alpha value is -2.40. The SMILES string of the molecule is Fc1cc(Cl)cc2c(NC3CC4(CCCC4)Oc4ccccc43)ncnc12. The summed E-state index contributed by atoms with van der Waals surface area (Å²) in [5.41, 5.74) is 1.25. The number of anilines is 1. The lowest BCUT2D eigenvalue weighted by Crippen LogP contribution is -2.40. The Morgan fingerprint density at radius 1 is 1.15 bits per heavy atom.